The van der Waals surface area contributed by atoms with E-state index in [2.05, 4.69) is 29.8 Å². The fraction of sp³-hybridized carbons (Fsp3) is 0.688. The summed E-state index contributed by atoms with van der Waals surface area (Å²) >= 11 is 0. The van der Waals surface area contributed by atoms with Crippen molar-refractivity contribution in [1.29, 1.82) is 0 Å². The first-order chi connectivity index (χ1) is 9.98. The molecule has 0 saturated carbocycles. The van der Waals surface area contributed by atoms with Crippen molar-refractivity contribution in [2.24, 2.45) is 5.73 Å². The number of hydrogen-bond donors (Lipinski definition) is 1. The zero-order chi connectivity index (χ0) is 15.9. The average molecular weight is 295 g/mol. The largest absolute Gasteiger partial charge is 0.356 e. The molecule has 0 amide bonds. The molecule has 0 aromatic carbocycles. The molecule has 1 heterocycles. The molecule has 0 aliphatic rings. The lowest BCUT2D eigenvalue weighted by Gasteiger charge is -2.41. The van der Waals surface area contributed by atoms with Gasteiger partial charge in [0.25, 0.3) is 0 Å². The van der Waals surface area contributed by atoms with E-state index in [-0.39, 0.29) is 11.8 Å². The highest BCUT2D eigenvalue weighted by atomic mass is 16.7. The van der Waals surface area contributed by atoms with Gasteiger partial charge in [0.1, 0.15) is 0 Å². The second kappa shape index (κ2) is 8.44. The minimum Gasteiger partial charge on any atom is -0.356 e. The number of methoxy groups -OCH3 is 2. The Bertz CT molecular complexity index is 424. The maximum absolute atomic E-state index is 6.05. The molecule has 0 bridgehead atoms. The molecular formula is C16H29N3O2. The van der Waals surface area contributed by atoms with E-state index >= 15 is 0 Å². The number of rotatable bonds is 9. The molecule has 0 aliphatic heterocycles. The molecule has 0 aliphatic carbocycles. The molecule has 1 rings (SSSR count). The molecule has 1 aromatic heterocycles. The Labute approximate surface area is 128 Å². The van der Waals surface area contributed by atoms with Crippen LogP contribution in [0, 0.1) is 6.92 Å². The van der Waals surface area contributed by atoms with Gasteiger partial charge in [-0.15, -0.1) is 0 Å². The van der Waals surface area contributed by atoms with Gasteiger partial charge in [0.05, 0.1) is 5.69 Å². The van der Waals surface area contributed by atoms with Crippen LogP contribution in [0.25, 0.3) is 0 Å². The average Bonchev–Trinajstić information content (AvgIpc) is 2.50. The first-order valence-electron chi connectivity index (χ1n) is 7.42. The molecule has 1 aromatic rings. The number of pyridine rings is 1. The summed E-state index contributed by atoms with van der Waals surface area (Å²) in [4.78, 5) is 6.92. The minimum atomic E-state index is -0.252. The van der Waals surface area contributed by atoms with E-state index in [4.69, 9.17) is 15.2 Å². The maximum Gasteiger partial charge on any atom is 0.158 e. The van der Waals surface area contributed by atoms with Crippen molar-refractivity contribution in [1.82, 2.24) is 9.88 Å². The highest BCUT2D eigenvalue weighted by Crippen LogP contribution is 2.23. The number of likely N-dealkylation sites (N-methyl/N-ethyl adjacent to an activating group) is 1. The Morgan fingerprint density at radius 1 is 1.33 bits per heavy atom. The first-order valence-corrected chi connectivity index (χ1v) is 7.42. The summed E-state index contributed by atoms with van der Waals surface area (Å²) in [6.07, 6.45) is 0.467. The monoisotopic (exact) mass is 295 g/mol. The lowest BCUT2D eigenvalue weighted by atomic mass is 9.94. The van der Waals surface area contributed by atoms with Crippen LogP contribution in [0.2, 0.25) is 0 Å². The molecule has 0 radical (unpaired) electrons. The summed E-state index contributed by atoms with van der Waals surface area (Å²) in [6.45, 7) is 8.49. The van der Waals surface area contributed by atoms with Crippen LogP contribution in [0.1, 0.15) is 31.7 Å². The van der Waals surface area contributed by atoms with Gasteiger partial charge in [-0.05, 0) is 32.5 Å². The smallest absolute Gasteiger partial charge is 0.158 e. The zero-order valence-corrected chi connectivity index (χ0v) is 13.9. The summed E-state index contributed by atoms with van der Waals surface area (Å²) < 4.78 is 10.7. The van der Waals surface area contributed by atoms with Crippen LogP contribution in [0.15, 0.2) is 18.2 Å². The zero-order valence-electron chi connectivity index (χ0n) is 13.9. The van der Waals surface area contributed by atoms with Crippen molar-refractivity contribution < 1.29 is 9.47 Å². The SMILES string of the molecule is CCN(Cc1cccc(C)n1)C(C)(CN)CC(OC)OC. The van der Waals surface area contributed by atoms with E-state index in [1.165, 1.54) is 0 Å². The van der Waals surface area contributed by atoms with Crippen LogP contribution in [0.3, 0.4) is 0 Å². The van der Waals surface area contributed by atoms with E-state index in [1.54, 1.807) is 14.2 Å². The predicted octanol–water partition coefficient (Wildman–Crippen LogP) is 1.94. The van der Waals surface area contributed by atoms with Gasteiger partial charge in [-0.2, -0.15) is 0 Å². The number of nitrogens with two attached hydrogens (primary N) is 1. The van der Waals surface area contributed by atoms with Crippen LogP contribution in [0.4, 0.5) is 0 Å². The maximum atomic E-state index is 6.05. The van der Waals surface area contributed by atoms with E-state index in [9.17, 15) is 0 Å². The molecule has 1 unspecified atom stereocenters. The van der Waals surface area contributed by atoms with E-state index < -0.39 is 0 Å². The van der Waals surface area contributed by atoms with Crippen molar-refractivity contribution in [3.8, 4) is 0 Å². The highest BCUT2D eigenvalue weighted by Gasteiger charge is 2.33. The van der Waals surface area contributed by atoms with Crippen molar-refractivity contribution in [2.45, 2.75) is 45.6 Å². The summed E-state index contributed by atoms with van der Waals surface area (Å²) in [5, 5.41) is 0. The van der Waals surface area contributed by atoms with Crippen LogP contribution < -0.4 is 5.73 Å². The Hall–Kier alpha value is -1.01. The van der Waals surface area contributed by atoms with Gasteiger partial charge in [-0.25, -0.2) is 0 Å². The minimum absolute atomic E-state index is 0.198. The van der Waals surface area contributed by atoms with E-state index in [1.807, 2.05) is 19.1 Å². The van der Waals surface area contributed by atoms with Gasteiger partial charge in [-0.3, -0.25) is 9.88 Å². The van der Waals surface area contributed by atoms with Crippen LogP contribution >= 0.6 is 0 Å². The first kappa shape index (κ1) is 18.0. The fourth-order valence-corrected chi connectivity index (χ4v) is 2.53. The Kier molecular flexibility index (Phi) is 7.25. The molecular weight excluding hydrogens is 266 g/mol. The molecule has 120 valence electrons. The molecule has 0 spiro atoms. The summed E-state index contributed by atoms with van der Waals surface area (Å²) in [5.74, 6) is 0. The molecule has 0 saturated heterocycles. The Balaban J connectivity index is 2.88. The Morgan fingerprint density at radius 3 is 2.48 bits per heavy atom. The van der Waals surface area contributed by atoms with E-state index in [0.717, 1.165) is 30.9 Å². The van der Waals surface area contributed by atoms with Crippen LogP contribution in [0.5, 0.6) is 0 Å². The third-order valence-electron chi connectivity index (χ3n) is 4.02. The quantitative estimate of drug-likeness (QED) is 0.706. The second-order valence-corrected chi connectivity index (χ2v) is 5.59. The highest BCUT2D eigenvalue weighted by molar-refractivity contribution is 5.10. The molecule has 1 atom stereocenters. The van der Waals surface area contributed by atoms with Gasteiger partial charge < -0.3 is 15.2 Å². The fourth-order valence-electron chi connectivity index (χ4n) is 2.53. The second-order valence-electron chi connectivity index (χ2n) is 5.59. The number of ether oxygens (including phenoxy) is 2. The summed E-state index contributed by atoms with van der Waals surface area (Å²) in [7, 11) is 3.31. The molecule has 2 N–H and O–H groups in total. The van der Waals surface area contributed by atoms with Crippen LogP contribution in [-0.2, 0) is 16.0 Å². The number of nitrogens with zero attached hydrogens (tertiary/aromatic N) is 2. The lowest BCUT2D eigenvalue weighted by molar-refractivity contribution is -0.129. The molecule has 5 heteroatoms. The van der Waals surface area contributed by atoms with Crippen LogP contribution in [-0.4, -0.2) is 49.0 Å². The predicted molar refractivity (Wildman–Crippen MR) is 84.9 cm³/mol. The summed E-state index contributed by atoms with van der Waals surface area (Å²) in [6, 6.07) is 6.10. The van der Waals surface area contributed by atoms with Gasteiger partial charge in [0, 0.05) is 45.0 Å². The number of aromatic nitrogens is 1. The normalized spacial score (nSPS) is 14.7. The Morgan fingerprint density at radius 2 is 2.00 bits per heavy atom. The standard InChI is InChI=1S/C16H29N3O2/c1-6-19(11-14-9-7-8-13(2)18-14)16(3,12-17)10-15(20-4)21-5/h7-9,15H,6,10-12,17H2,1-5H3. The lowest BCUT2D eigenvalue weighted by Crippen LogP contribution is -2.53. The number of aryl methyl sites for hydroxylation is 1. The van der Waals surface area contributed by atoms with Crippen molar-refractivity contribution in [3.63, 3.8) is 0 Å². The van der Waals surface area contributed by atoms with Crippen molar-refractivity contribution in [2.75, 3.05) is 27.3 Å². The molecule has 21 heavy (non-hydrogen) atoms. The van der Waals surface area contributed by atoms with E-state index in [0.29, 0.717) is 6.54 Å². The third kappa shape index (κ3) is 5.04. The summed E-state index contributed by atoms with van der Waals surface area (Å²) in [5.41, 5.74) is 7.94. The number of hydrogen-bond acceptors (Lipinski definition) is 5. The van der Waals surface area contributed by atoms with Crippen molar-refractivity contribution in [3.05, 3.63) is 29.6 Å². The van der Waals surface area contributed by atoms with Gasteiger partial charge in [-0.1, -0.05) is 13.0 Å². The van der Waals surface area contributed by atoms with Crippen molar-refractivity contribution >= 4 is 0 Å². The topological polar surface area (TPSA) is 60.6 Å². The van der Waals surface area contributed by atoms with Gasteiger partial charge in [0.2, 0.25) is 0 Å². The van der Waals surface area contributed by atoms with Gasteiger partial charge in [0.15, 0.2) is 6.29 Å². The van der Waals surface area contributed by atoms with Gasteiger partial charge >= 0.3 is 0 Å². The molecule has 0 fully saturated rings. The molecule has 5 nitrogen and oxygen atoms in total. The third-order valence-corrected chi connectivity index (χ3v) is 4.02.